The monoisotopic (exact) mass is 158 g/mol. The summed E-state index contributed by atoms with van der Waals surface area (Å²) in [6.07, 6.45) is 0. The minimum Gasteiger partial charge on any atom is -0.290 e. The second kappa shape index (κ2) is 3.19. The fourth-order valence-corrected chi connectivity index (χ4v) is 1.18. The highest BCUT2D eigenvalue weighted by Gasteiger charge is 2.00. The van der Waals surface area contributed by atoms with E-state index in [4.69, 9.17) is 10.7 Å². The lowest BCUT2D eigenvalue weighted by Gasteiger charge is -2.00. The molecule has 0 amide bonds. The zero-order valence-electron chi connectivity index (χ0n) is 7.18. The number of nitrogens with zero attached hydrogens (tertiary/aromatic N) is 1. The molecule has 0 spiro atoms. The molecule has 12 heavy (non-hydrogen) atoms. The maximum atomic E-state index is 8.50. The van der Waals surface area contributed by atoms with Crippen molar-refractivity contribution in [2.24, 2.45) is 0 Å². The van der Waals surface area contributed by atoms with Gasteiger partial charge in [0, 0.05) is 5.56 Å². The molecule has 1 aromatic carbocycles. The van der Waals surface area contributed by atoms with Crippen LogP contribution < -0.4 is 0 Å². The second-order valence-electron chi connectivity index (χ2n) is 2.86. The molecule has 0 heterocycles. The number of nitrogens with one attached hydrogen (secondary N) is 1. The molecule has 0 aliphatic carbocycles. The first kappa shape index (κ1) is 8.48. The average molecular weight is 158 g/mol. The van der Waals surface area contributed by atoms with Crippen molar-refractivity contribution in [2.45, 2.75) is 13.8 Å². The number of hydrogen-bond acceptors (Lipinski definition) is 2. The molecule has 60 valence electrons. The standard InChI is InChI=1S/C10H10N2/c1-7-3-8(2)5-9(4-7)10(12)6-11/h3-5,12H,1-2H3. The van der Waals surface area contributed by atoms with E-state index in [2.05, 4.69) is 0 Å². The maximum absolute atomic E-state index is 8.50. The van der Waals surface area contributed by atoms with Crippen molar-refractivity contribution in [1.82, 2.24) is 0 Å². The van der Waals surface area contributed by atoms with E-state index in [1.165, 1.54) is 0 Å². The topological polar surface area (TPSA) is 47.6 Å². The Morgan fingerprint density at radius 3 is 2.17 bits per heavy atom. The third-order valence-electron chi connectivity index (χ3n) is 1.62. The predicted octanol–water partition coefficient (Wildman–Crippen LogP) is 2.19. The molecule has 1 aromatic rings. The van der Waals surface area contributed by atoms with Crippen LogP contribution in [0.3, 0.4) is 0 Å². The van der Waals surface area contributed by atoms with Gasteiger partial charge in [-0.25, -0.2) is 0 Å². The van der Waals surface area contributed by atoms with Gasteiger partial charge in [0.25, 0.3) is 0 Å². The summed E-state index contributed by atoms with van der Waals surface area (Å²) in [6, 6.07) is 7.53. The molecule has 0 unspecified atom stereocenters. The molecule has 0 aliphatic heterocycles. The highest BCUT2D eigenvalue weighted by molar-refractivity contribution is 6.09. The molecule has 0 bridgehead atoms. The fourth-order valence-electron chi connectivity index (χ4n) is 1.18. The minimum atomic E-state index is 0.0294. The Labute approximate surface area is 72.0 Å². The maximum Gasteiger partial charge on any atom is 0.139 e. The van der Waals surface area contributed by atoms with E-state index >= 15 is 0 Å². The second-order valence-corrected chi connectivity index (χ2v) is 2.86. The van der Waals surface area contributed by atoms with Crippen molar-refractivity contribution in [2.75, 3.05) is 0 Å². The van der Waals surface area contributed by atoms with Crippen molar-refractivity contribution in [3.63, 3.8) is 0 Å². The average Bonchev–Trinajstić information content (AvgIpc) is 2.01. The van der Waals surface area contributed by atoms with Crippen LogP contribution in [0.5, 0.6) is 0 Å². The molecular formula is C10H10N2. The van der Waals surface area contributed by atoms with Gasteiger partial charge in [-0.1, -0.05) is 17.2 Å². The van der Waals surface area contributed by atoms with Gasteiger partial charge in [-0.2, -0.15) is 5.26 Å². The molecule has 0 aliphatic rings. The van der Waals surface area contributed by atoms with Crippen molar-refractivity contribution in [3.05, 3.63) is 34.9 Å². The molecule has 2 nitrogen and oxygen atoms in total. The lowest BCUT2D eigenvalue weighted by Crippen LogP contribution is -1.95. The highest BCUT2D eigenvalue weighted by atomic mass is 14.4. The molecule has 1 N–H and O–H groups in total. The van der Waals surface area contributed by atoms with E-state index in [0.717, 1.165) is 11.1 Å². The molecular weight excluding hydrogens is 148 g/mol. The summed E-state index contributed by atoms with van der Waals surface area (Å²) >= 11 is 0. The Hall–Kier alpha value is -1.62. The number of aryl methyl sites for hydroxylation is 2. The van der Waals surface area contributed by atoms with Gasteiger partial charge in [0.05, 0.1) is 0 Å². The van der Waals surface area contributed by atoms with Crippen molar-refractivity contribution >= 4 is 5.71 Å². The Morgan fingerprint density at radius 1 is 1.25 bits per heavy atom. The molecule has 2 heteroatoms. The van der Waals surface area contributed by atoms with E-state index in [1.807, 2.05) is 38.1 Å². The molecule has 0 fully saturated rings. The predicted molar refractivity (Wildman–Crippen MR) is 48.4 cm³/mol. The molecule has 1 rings (SSSR count). The summed E-state index contributed by atoms with van der Waals surface area (Å²) in [5.74, 6) is 0. The van der Waals surface area contributed by atoms with E-state index < -0.39 is 0 Å². The number of hydrogen-bond donors (Lipinski definition) is 1. The normalized spacial score (nSPS) is 9.08. The van der Waals surface area contributed by atoms with Gasteiger partial charge in [0.1, 0.15) is 11.8 Å². The van der Waals surface area contributed by atoms with Gasteiger partial charge < -0.3 is 0 Å². The van der Waals surface area contributed by atoms with Gasteiger partial charge in [-0.15, -0.1) is 0 Å². The summed E-state index contributed by atoms with van der Waals surface area (Å²) < 4.78 is 0. The molecule has 0 atom stereocenters. The summed E-state index contributed by atoms with van der Waals surface area (Å²) in [7, 11) is 0. The Morgan fingerprint density at radius 2 is 1.75 bits per heavy atom. The van der Waals surface area contributed by atoms with Crippen LogP contribution in [0.2, 0.25) is 0 Å². The minimum absolute atomic E-state index is 0.0294. The summed E-state index contributed by atoms with van der Waals surface area (Å²) in [5, 5.41) is 15.8. The fraction of sp³-hybridized carbons (Fsp3) is 0.200. The van der Waals surface area contributed by atoms with Gasteiger partial charge >= 0.3 is 0 Å². The van der Waals surface area contributed by atoms with Crippen LogP contribution in [0.4, 0.5) is 0 Å². The number of benzene rings is 1. The Balaban J connectivity index is 3.19. The van der Waals surface area contributed by atoms with Crippen molar-refractivity contribution < 1.29 is 0 Å². The van der Waals surface area contributed by atoms with Crippen LogP contribution in [0.15, 0.2) is 18.2 Å². The largest absolute Gasteiger partial charge is 0.290 e. The lowest BCUT2D eigenvalue weighted by molar-refractivity contribution is 1.36. The van der Waals surface area contributed by atoms with Crippen LogP contribution in [0, 0.1) is 30.6 Å². The summed E-state index contributed by atoms with van der Waals surface area (Å²) in [6.45, 7) is 3.92. The van der Waals surface area contributed by atoms with Crippen LogP contribution in [0.25, 0.3) is 0 Å². The van der Waals surface area contributed by atoms with E-state index in [9.17, 15) is 0 Å². The number of nitriles is 1. The zero-order valence-corrected chi connectivity index (χ0v) is 7.18. The highest BCUT2D eigenvalue weighted by Crippen LogP contribution is 2.08. The Kier molecular flexibility index (Phi) is 2.25. The van der Waals surface area contributed by atoms with Crippen LogP contribution in [-0.2, 0) is 0 Å². The lowest BCUT2D eigenvalue weighted by atomic mass is 10.0. The SMILES string of the molecule is Cc1cc(C)cc(C(=N)C#N)c1. The number of rotatable bonds is 1. The van der Waals surface area contributed by atoms with E-state index in [0.29, 0.717) is 5.56 Å². The van der Waals surface area contributed by atoms with E-state index in [1.54, 1.807) is 0 Å². The van der Waals surface area contributed by atoms with Crippen LogP contribution in [0.1, 0.15) is 16.7 Å². The summed E-state index contributed by atoms with van der Waals surface area (Å²) in [4.78, 5) is 0. The first-order valence-electron chi connectivity index (χ1n) is 3.71. The van der Waals surface area contributed by atoms with Gasteiger partial charge in [0.2, 0.25) is 0 Å². The third-order valence-corrected chi connectivity index (χ3v) is 1.62. The third kappa shape index (κ3) is 1.70. The Bertz CT molecular complexity index is 338. The van der Waals surface area contributed by atoms with Crippen molar-refractivity contribution in [1.29, 1.82) is 10.7 Å². The van der Waals surface area contributed by atoms with Crippen molar-refractivity contribution in [3.8, 4) is 6.07 Å². The zero-order chi connectivity index (χ0) is 9.14. The van der Waals surface area contributed by atoms with Crippen LogP contribution in [-0.4, -0.2) is 5.71 Å². The molecule has 0 saturated carbocycles. The van der Waals surface area contributed by atoms with Gasteiger partial charge in [0.15, 0.2) is 0 Å². The van der Waals surface area contributed by atoms with Gasteiger partial charge in [-0.05, 0) is 26.0 Å². The molecule has 0 radical (unpaired) electrons. The summed E-state index contributed by atoms with van der Waals surface area (Å²) in [5.41, 5.74) is 2.91. The quantitative estimate of drug-likeness (QED) is 0.626. The first-order chi connectivity index (χ1) is 5.63. The molecule has 0 saturated heterocycles. The van der Waals surface area contributed by atoms with E-state index in [-0.39, 0.29) is 5.71 Å². The smallest absolute Gasteiger partial charge is 0.139 e. The van der Waals surface area contributed by atoms with Crippen LogP contribution >= 0.6 is 0 Å². The molecule has 0 aromatic heterocycles. The first-order valence-corrected chi connectivity index (χ1v) is 3.71. The van der Waals surface area contributed by atoms with Gasteiger partial charge in [-0.3, -0.25) is 5.41 Å².